The summed E-state index contributed by atoms with van der Waals surface area (Å²) < 4.78 is 1.62. The summed E-state index contributed by atoms with van der Waals surface area (Å²) in [6, 6.07) is 7.29. The van der Waals surface area contributed by atoms with Crippen molar-refractivity contribution in [3.05, 3.63) is 62.5 Å². The molecule has 0 saturated carbocycles. The summed E-state index contributed by atoms with van der Waals surface area (Å²) in [6.07, 6.45) is 2.18. The Kier molecular flexibility index (Phi) is 4.70. The zero-order valence-electron chi connectivity index (χ0n) is 15.5. The number of amides is 1. The smallest absolute Gasteiger partial charge is 0.259 e. The number of likely N-dealkylation sites (tertiary alicyclic amines) is 1. The monoisotopic (exact) mass is 382 g/mol. The van der Waals surface area contributed by atoms with E-state index in [2.05, 4.69) is 10.3 Å². The first-order valence-corrected chi connectivity index (χ1v) is 10.0. The van der Waals surface area contributed by atoms with Gasteiger partial charge in [0.15, 0.2) is 4.96 Å². The highest BCUT2D eigenvalue weighted by Gasteiger charge is 2.19. The van der Waals surface area contributed by atoms with Crippen LogP contribution in [0.15, 0.2) is 34.4 Å². The molecule has 6 nitrogen and oxygen atoms in total. The molecule has 1 aliphatic rings. The van der Waals surface area contributed by atoms with Crippen molar-refractivity contribution in [2.45, 2.75) is 33.2 Å². The molecule has 2 aromatic heterocycles. The Bertz CT molecular complexity index is 1060. The normalized spacial score (nSPS) is 14.1. The maximum Gasteiger partial charge on any atom is 0.259 e. The SMILES string of the molecule is Cc1cc(C(=O)N2CCCC2)ccc1NCc1cc(=O)n2c(C)csc2n1. The van der Waals surface area contributed by atoms with Gasteiger partial charge in [0.1, 0.15) is 0 Å². The minimum atomic E-state index is -0.0566. The van der Waals surface area contributed by atoms with Gasteiger partial charge in [0, 0.05) is 41.5 Å². The fourth-order valence-electron chi connectivity index (χ4n) is 3.48. The second-order valence-corrected chi connectivity index (χ2v) is 7.80. The Morgan fingerprint density at radius 2 is 2.00 bits per heavy atom. The molecule has 4 rings (SSSR count). The van der Waals surface area contributed by atoms with E-state index in [1.165, 1.54) is 11.3 Å². The van der Waals surface area contributed by atoms with Crippen LogP contribution < -0.4 is 10.9 Å². The Morgan fingerprint density at radius 3 is 2.74 bits per heavy atom. The highest BCUT2D eigenvalue weighted by molar-refractivity contribution is 7.15. The Labute approximate surface area is 161 Å². The molecule has 7 heteroatoms. The molecular formula is C20H22N4O2S. The minimum Gasteiger partial charge on any atom is -0.379 e. The maximum atomic E-state index is 12.5. The van der Waals surface area contributed by atoms with Gasteiger partial charge in [0.05, 0.1) is 12.2 Å². The number of aryl methyl sites for hydroxylation is 2. The fourth-order valence-corrected chi connectivity index (χ4v) is 4.37. The van der Waals surface area contributed by atoms with Crippen LogP contribution in [0.3, 0.4) is 0 Å². The Hall–Kier alpha value is -2.67. The summed E-state index contributed by atoms with van der Waals surface area (Å²) in [5.41, 5.74) is 4.23. The number of carbonyl (C=O) groups is 1. The summed E-state index contributed by atoms with van der Waals surface area (Å²) >= 11 is 1.47. The number of nitrogens with zero attached hydrogens (tertiary/aromatic N) is 3. The van der Waals surface area contributed by atoms with E-state index in [1.807, 2.05) is 42.3 Å². The number of benzene rings is 1. The number of aromatic nitrogens is 2. The molecule has 0 radical (unpaired) electrons. The van der Waals surface area contributed by atoms with Crippen molar-refractivity contribution >= 4 is 27.9 Å². The molecule has 0 unspecified atom stereocenters. The topological polar surface area (TPSA) is 66.7 Å². The van der Waals surface area contributed by atoms with Gasteiger partial charge in [0.25, 0.3) is 11.5 Å². The maximum absolute atomic E-state index is 12.5. The van der Waals surface area contributed by atoms with Crippen molar-refractivity contribution in [1.82, 2.24) is 14.3 Å². The number of hydrogen-bond donors (Lipinski definition) is 1. The average Bonchev–Trinajstić information content (AvgIpc) is 3.30. The molecule has 1 aromatic carbocycles. The summed E-state index contributed by atoms with van der Waals surface area (Å²) in [4.78, 5) is 32.0. The third-order valence-electron chi connectivity index (χ3n) is 4.96. The van der Waals surface area contributed by atoms with E-state index in [4.69, 9.17) is 0 Å². The molecule has 3 heterocycles. The molecule has 0 spiro atoms. The van der Waals surface area contributed by atoms with Gasteiger partial charge in [-0.2, -0.15) is 0 Å². The van der Waals surface area contributed by atoms with Crippen LogP contribution in [-0.2, 0) is 6.54 Å². The summed E-state index contributed by atoms with van der Waals surface area (Å²) in [5, 5.41) is 5.26. The van der Waals surface area contributed by atoms with Crippen LogP contribution in [0.5, 0.6) is 0 Å². The molecule has 1 aliphatic heterocycles. The number of nitrogens with one attached hydrogen (secondary N) is 1. The highest BCUT2D eigenvalue weighted by Crippen LogP contribution is 2.20. The largest absolute Gasteiger partial charge is 0.379 e. The second kappa shape index (κ2) is 7.15. The average molecular weight is 382 g/mol. The van der Waals surface area contributed by atoms with Crippen LogP contribution in [0.4, 0.5) is 5.69 Å². The first-order chi connectivity index (χ1) is 13.0. The zero-order chi connectivity index (χ0) is 19.0. The van der Waals surface area contributed by atoms with Crippen LogP contribution >= 0.6 is 11.3 Å². The Morgan fingerprint density at radius 1 is 1.22 bits per heavy atom. The molecule has 140 valence electrons. The van der Waals surface area contributed by atoms with Crippen molar-refractivity contribution in [3.63, 3.8) is 0 Å². The van der Waals surface area contributed by atoms with Gasteiger partial charge < -0.3 is 10.2 Å². The lowest BCUT2D eigenvalue weighted by molar-refractivity contribution is 0.0793. The van der Waals surface area contributed by atoms with E-state index in [0.717, 1.165) is 48.4 Å². The van der Waals surface area contributed by atoms with E-state index in [9.17, 15) is 9.59 Å². The van der Waals surface area contributed by atoms with Crippen molar-refractivity contribution in [1.29, 1.82) is 0 Å². The lowest BCUT2D eigenvalue weighted by Gasteiger charge is -2.16. The van der Waals surface area contributed by atoms with Gasteiger partial charge in [-0.1, -0.05) is 0 Å². The van der Waals surface area contributed by atoms with Crippen LogP contribution in [0.2, 0.25) is 0 Å². The van der Waals surface area contributed by atoms with Gasteiger partial charge >= 0.3 is 0 Å². The highest BCUT2D eigenvalue weighted by atomic mass is 32.1. The Balaban J connectivity index is 1.50. The number of rotatable bonds is 4. The quantitative estimate of drug-likeness (QED) is 0.752. The van der Waals surface area contributed by atoms with E-state index in [-0.39, 0.29) is 11.5 Å². The third-order valence-corrected chi connectivity index (χ3v) is 5.90. The number of thiazole rings is 1. The first kappa shape index (κ1) is 17.7. The lowest BCUT2D eigenvalue weighted by Crippen LogP contribution is -2.27. The standard InChI is InChI=1S/C20H22N4O2S/c1-13-9-15(19(26)23-7-3-4-8-23)5-6-17(13)21-11-16-10-18(25)24-14(2)12-27-20(24)22-16/h5-6,9-10,12,21H,3-4,7-8,11H2,1-2H3. The third kappa shape index (κ3) is 3.47. The molecule has 0 atom stereocenters. The van der Waals surface area contributed by atoms with E-state index < -0.39 is 0 Å². The van der Waals surface area contributed by atoms with E-state index in [0.29, 0.717) is 17.2 Å². The predicted octanol–water partition coefficient (Wildman–Crippen LogP) is 3.22. The molecule has 3 aromatic rings. The van der Waals surface area contributed by atoms with Crippen LogP contribution in [-0.4, -0.2) is 33.3 Å². The zero-order valence-corrected chi connectivity index (χ0v) is 16.3. The van der Waals surface area contributed by atoms with Gasteiger partial charge in [-0.3, -0.25) is 14.0 Å². The number of hydrogen-bond acceptors (Lipinski definition) is 5. The molecule has 27 heavy (non-hydrogen) atoms. The van der Waals surface area contributed by atoms with Crippen LogP contribution in [0, 0.1) is 13.8 Å². The molecule has 1 amide bonds. The van der Waals surface area contributed by atoms with E-state index >= 15 is 0 Å². The summed E-state index contributed by atoms with van der Waals surface area (Å²) in [6.45, 7) is 6.05. The van der Waals surface area contributed by atoms with Gasteiger partial charge in [0.2, 0.25) is 0 Å². The van der Waals surface area contributed by atoms with Crippen molar-refractivity contribution < 1.29 is 4.79 Å². The molecular weight excluding hydrogens is 360 g/mol. The molecule has 0 aliphatic carbocycles. The summed E-state index contributed by atoms with van der Waals surface area (Å²) in [5.74, 6) is 0.107. The van der Waals surface area contributed by atoms with Crippen molar-refractivity contribution in [2.24, 2.45) is 0 Å². The van der Waals surface area contributed by atoms with Crippen molar-refractivity contribution in [2.75, 3.05) is 18.4 Å². The summed E-state index contributed by atoms with van der Waals surface area (Å²) in [7, 11) is 0. The second-order valence-electron chi connectivity index (χ2n) is 6.96. The number of fused-ring (bicyclic) bond motifs is 1. The number of carbonyl (C=O) groups excluding carboxylic acids is 1. The fraction of sp³-hybridized carbons (Fsp3) is 0.350. The van der Waals surface area contributed by atoms with Crippen LogP contribution in [0.1, 0.15) is 40.2 Å². The first-order valence-electron chi connectivity index (χ1n) is 9.13. The lowest BCUT2D eigenvalue weighted by atomic mass is 10.1. The number of anilines is 1. The van der Waals surface area contributed by atoms with Crippen LogP contribution in [0.25, 0.3) is 4.96 Å². The van der Waals surface area contributed by atoms with Gasteiger partial charge in [-0.15, -0.1) is 11.3 Å². The predicted molar refractivity (Wildman–Crippen MR) is 108 cm³/mol. The van der Waals surface area contributed by atoms with Gasteiger partial charge in [-0.05, 0) is 50.5 Å². The molecule has 0 bridgehead atoms. The molecule has 1 N–H and O–H groups in total. The van der Waals surface area contributed by atoms with E-state index in [1.54, 1.807) is 10.5 Å². The van der Waals surface area contributed by atoms with Gasteiger partial charge in [-0.25, -0.2) is 4.98 Å². The van der Waals surface area contributed by atoms with Crippen molar-refractivity contribution in [3.8, 4) is 0 Å². The molecule has 1 saturated heterocycles. The molecule has 1 fully saturated rings. The minimum absolute atomic E-state index is 0.0566.